The highest BCUT2D eigenvalue weighted by molar-refractivity contribution is 7.89. The first-order chi connectivity index (χ1) is 14.1. The molecule has 0 aliphatic carbocycles. The summed E-state index contributed by atoms with van der Waals surface area (Å²) in [5.74, 6) is -1.97. The summed E-state index contributed by atoms with van der Waals surface area (Å²) in [6.07, 6.45) is 0. The van der Waals surface area contributed by atoms with Crippen molar-refractivity contribution in [3.05, 3.63) is 57.9 Å². The number of sulfonamides is 1. The maximum atomic E-state index is 14.8. The number of benzene rings is 2. The first-order valence-corrected chi connectivity index (χ1v) is 11.2. The molecule has 0 saturated heterocycles. The molecule has 0 fully saturated rings. The van der Waals surface area contributed by atoms with Crippen LogP contribution in [0.5, 0.6) is 5.75 Å². The number of hydrogen-bond acceptors (Lipinski definition) is 5. The smallest absolute Gasteiger partial charge is 0.324 e. The highest BCUT2D eigenvalue weighted by Crippen LogP contribution is 2.37. The average Bonchev–Trinajstić information content (AvgIpc) is 2.81. The molecule has 2 atom stereocenters. The lowest BCUT2D eigenvalue weighted by Gasteiger charge is -2.32. The maximum absolute atomic E-state index is 14.8. The topological polar surface area (TPSA) is 72.9 Å². The summed E-state index contributed by atoms with van der Waals surface area (Å²) in [7, 11) is -2.98. The number of halogens is 2. The molecule has 0 N–H and O–H groups in total. The maximum Gasteiger partial charge on any atom is 0.324 e. The van der Waals surface area contributed by atoms with E-state index in [2.05, 4.69) is 0 Å². The van der Waals surface area contributed by atoms with Gasteiger partial charge in [-0.15, -0.1) is 0 Å². The Morgan fingerprint density at radius 2 is 1.97 bits per heavy atom. The van der Waals surface area contributed by atoms with Crippen molar-refractivity contribution in [2.75, 3.05) is 20.3 Å². The van der Waals surface area contributed by atoms with Crippen LogP contribution in [0.25, 0.3) is 0 Å². The molecular formula is C21H23ClFNO5S. The normalized spacial score (nSPS) is 17.9. The van der Waals surface area contributed by atoms with Crippen LogP contribution < -0.4 is 4.74 Å². The SMILES string of the molecule is COC(=O)[C@H](C(C)c1c(F)ccc(C)c1C)N1CCOc2cc(Cl)ccc2S1(=O)=O. The molecule has 2 aromatic carbocycles. The van der Waals surface area contributed by atoms with Gasteiger partial charge in [0.1, 0.15) is 29.1 Å². The third-order valence-corrected chi connectivity index (χ3v) is 7.63. The lowest BCUT2D eigenvalue weighted by Crippen LogP contribution is -2.49. The number of hydrogen-bond donors (Lipinski definition) is 0. The highest BCUT2D eigenvalue weighted by atomic mass is 35.5. The molecule has 1 aliphatic rings. The fraction of sp³-hybridized carbons (Fsp3) is 0.381. The molecule has 3 rings (SSSR count). The highest BCUT2D eigenvalue weighted by Gasteiger charge is 2.43. The minimum Gasteiger partial charge on any atom is -0.491 e. The first kappa shape index (κ1) is 22.5. The van der Waals surface area contributed by atoms with Gasteiger partial charge in [0.05, 0.1) is 7.11 Å². The number of nitrogens with zero attached hydrogens (tertiary/aromatic N) is 1. The van der Waals surface area contributed by atoms with Gasteiger partial charge in [-0.25, -0.2) is 12.8 Å². The van der Waals surface area contributed by atoms with Crippen molar-refractivity contribution in [2.45, 2.75) is 37.6 Å². The second-order valence-corrected chi connectivity index (χ2v) is 9.51. The molecule has 30 heavy (non-hydrogen) atoms. The van der Waals surface area contributed by atoms with E-state index in [9.17, 15) is 17.6 Å². The minimum absolute atomic E-state index is 0.00205. The predicted octanol–water partition coefficient (Wildman–Crippen LogP) is 3.82. The monoisotopic (exact) mass is 455 g/mol. The Balaban J connectivity index is 2.16. The van der Waals surface area contributed by atoms with E-state index in [0.29, 0.717) is 10.6 Å². The first-order valence-electron chi connectivity index (χ1n) is 9.37. The molecule has 6 nitrogen and oxygen atoms in total. The van der Waals surface area contributed by atoms with E-state index in [1.165, 1.54) is 31.4 Å². The van der Waals surface area contributed by atoms with Gasteiger partial charge in [-0.1, -0.05) is 24.6 Å². The van der Waals surface area contributed by atoms with Crippen molar-refractivity contribution in [3.63, 3.8) is 0 Å². The van der Waals surface area contributed by atoms with E-state index in [4.69, 9.17) is 21.1 Å². The molecule has 1 unspecified atom stereocenters. The molecule has 0 radical (unpaired) electrons. The Hall–Kier alpha value is -2.16. The lowest BCUT2D eigenvalue weighted by atomic mass is 9.87. The summed E-state index contributed by atoms with van der Waals surface area (Å²) in [4.78, 5) is 12.7. The number of esters is 1. The van der Waals surface area contributed by atoms with Gasteiger partial charge in [0, 0.05) is 23.6 Å². The van der Waals surface area contributed by atoms with E-state index >= 15 is 0 Å². The van der Waals surface area contributed by atoms with Gasteiger partial charge in [-0.2, -0.15) is 4.31 Å². The fourth-order valence-electron chi connectivity index (χ4n) is 3.80. The van der Waals surface area contributed by atoms with E-state index in [-0.39, 0.29) is 29.4 Å². The quantitative estimate of drug-likeness (QED) is 0.655. The number of ether oxygens (including phenoxy) is 2. The van der Waals surface area contributed by atoms with Crippen molar-refractivity contribution in [1.29, 1.82) is 0 Å². The third-order valence-electron chi connectivity index (χ3n) is 5.48. The number of aryl methyl sites for hydroxylation is 1. The van der Waals surface area contributed by atoms with Gasteiger partial charge in [-0.3, -0.25) is 4.79 Å². The van der Waals surface area contributed by atoms with Crippen molar-refractivity contribution in [2.24, 2.45) is 0 Å². The molecule has 2 aromatic rings. The molecule has 0 saturated carbocycles. The van der Waals surface area contributed by atoms with Crippen molar-refractivity contribution >= 4 is 27.6 Å². The van der Waals surface area contributed by atoms with Gasteiger partial charge in [-0.05, 0) is 48.7 Å². The molecule has 0 spiro atoms. The van der Waals surface area contributed by atoms with Gasteiger partial charge >= 0.3 is 5.97 Å². The van der Waals surface area contributed by atoms with Crippen LogP contribution in [0.3, 0.4) is 0 Å². The molecule has 0 aromatic heterocycles. The Kier molecular flexibility index (Phi) is 6.40. The van der Waals surface area contributed by atoms with Crippen LogP contribution in [0, 0.1) is 19.7 Å². The van der Waals surface area contributed by atoms with Gasteiger partial charge in [0.15, 0.2) is 0 Å². The summed E-state index contributed by atoms with van der Waals surface area (Å²) in [6.45, 7) is 5.09. The summed E-state index contributed by atoms with van der Waals surface area (Å²) in [5.41, 5.74) is 1.78. The second kappa shape index (κ2) is 8.53. The van der Waals surface area contributed by atoms with E-state index in [1.54, 1.807) is 19.9 Å². The predicted molar refractivity (Wildman–Crippen MR) is 111 cm³/mol. The zero-order valence-electron chi connectivity index (χ0n) is 17.1. The van der Waals surface area contributed by atoms with E-state index in [0.717, 1.165) is 9.87 Å². The summed E-state index contributed by atoms with van der Waals surface area (Å²) >= 11 is 5.97. The van der Waals surface area contributed by atoms with Crippen molar-refractivity contribution in [1.82, 2.24) is 4.31 Å². The number of fused-ring (bicyclic) bond motifs is 1. The standard InChI is InChI=1S/C21H23ClFNO5S/c1-12-5-7-16(23)19(13(12)2)14(3)20(21(25)28-4)24-9-10-29-17-11-15(22)6-8-18(17)30(24,26)27/h5-8,11,14,20H,9-10H2,1-4H3/t14?,20-/m0/s1. The minimum atomic E-state index is -4.15. The van der Waals surface area contributed by atoms with Crippen LogP contribution in [0.1, 0.15) is 29.5 Å². The molecule has 1 heterocycles. The Morgan fingerprint density at radius 3 is 2.63 bits per heavy atom. The van der Waals surface area contributed by atoms with Gasteiger partial charge < -0.3 is 9.47 Å². The van der Waals surface area contributed by atoms with E-state index < -0.39 is 33.8 Å². The zero-order valence-corrected chi connectivity index (χ0v) is 18.7. The average molecular weight is 456 g/mol. The lowest BCUT2D eigenvalue weighted by molar-refractivity contribution is -0.145. The van der Waals surface area contributed by atoms with Gasteiger partial charge in [0.2, 0.25) is 10.0 Å². The van der Waals surface area contributed by atoms with Crippen LogP contribution >= 0.6 is 11.6 Å². The third kappa shape index (κ3) is 3.91. The molecule has 0 amide bonds. The molecular weight excluding hydrogens is 433 g/mol. The second-order valence-electron chi connectivity index (χ2n) is 7.21. The van der Waals surface area contributed by atoms with Crippen LogP contribution in [0.15, 0.2) is 35.2 Å². The fourth-order valence-corrected chi connectivity index (χ4v) is 5.71. The Labute approximate surface area is 180 Å². The summed E-state index contributed by atoms with van der Waals surface area (Å²) in [5, 5.41) is 0.327. The molecule has 1 aliphatic heterocycles. The summed E-state index contributed by atoms with van der Waals surface area (Å²) in [6, 6.07) is 5.87. The van der Waals surface area contributed by atoms with Crippen LogP contribution in [0.4, 0.5) is 4.39 Å². The number of carbonyl (C=O) groups is 1. The Bertz CT molecular complexity index is 1090. The Morgan fingerprint density at radius 1 is 1.27 bits per heavy atom. The van der Waals surface area contributed by atoms with Crippen molar-refractivity contribution < 1.29 is 27.1 Å². The largest absolute Gasteiger partial charge is 0.491 e. The van der Waals surface area contributed by atoms with Gasteiger partial charge in [0.25, 0.3) is 0 Å². The number of rotatable bonds is 4. The number of carbonyl (C=O) groups excluding carboxylic acids is 1. The number of methoxy groups -OCH3 is 1. The molecule has 9 heteroatoms. The van der Waals surface area contributed by atoms with E-state index in [1.807, 2.05) is 6.92 Å². The molecule has 162 valence electrons. The van der Waals surface area contributed by atoms with Crippen LogP contribution in [-0.4, -0.2) is 45.0 Å². The van der Waals surface area contributed by atoms with Crippen LogP contribution in [-0.2, 0) is 19.6 Å². The van der Waals surface area contributed by atoms with Crippen molar-refractivity contribution in [3.8, 4) is 5.75 Å². The molecule has 0 bridgehead atoms. The summed E-state index contributed by atoms with van der Waals surface area (Å²) < 4.78 is 53.3. The van der Waals surface area contributed by atoms with Crippen LogP contribution in [0.2, 0.25) is 5.02 Å². The zero-order chi connectivity index (χ0) is 22.2.